The van der Waals surface area contributed by atoms with Gasteiger partial charge in [-0.15, -0.1) is 0 Å². The van der Waals surface area contributed by atoms with E-state index in [2.05, 4.69) is 43.4 Å². The van der Waals surface area contributed by atoms with E-state index in [1.54, 1.807) is 0 Å². The summed E-state index contributed by atoms with van der Waals surface area (Å²) in [5, 5.41) is 3.90. The van der Waals surface area contributed by atoms with Gasteiger partial charge in [-0.3, -0.25) is 0 Å². The highest BCUT2D eigenvalue weighted by molar-refractivity contribution is 5.38. The normalized spacial score (nSPS) is 27.3. The lowest BCUT2D eigenvalue weighted by molar-refractivity contribution is 0.0647. The van der Waals surface area contributed by atoms with E-state index < -0.39 is 0 Å². The summed E-state index contributed by atoms with van der Waals surface area (Å²) in [5.41, 5.74) is 1.28. The molecular formula is C19H27NO. The van der Waals surface area contributed by atoms with Gasteiger partial charge in [0.2, 0.25) is 0 Å². The Morgan fingerprint density at radius 3 is 2.48 bits per heavy atom. The molecule has 1 aliphatic heterocycles. The summed E-state index contributed by atoms with van der Waals surface area (Å²) >= 11 is 0. The molecule has 4 rings (SSSR count). The summed E-state index contributed by atoms with van der Waals surface area (Å²) in [6, 6.07) is 9.00. The van der Waals surface area contributed by atoms with Crippen LogP contribution in [0.15, 0.2) is 24.3 Å². The fraction of sp³-hybridized carbons (Fsp3) is 0.684. The van der Waals surface area contributed by atoms with Crippen LogP contribution in [0.5, 0.6) is 5.75 Å². The molecule has 2 aliphatic carbocycles. The monoisotopic (exact) mass is 285 g/mol. The Labute approximate surface area is 128 Å². The largest absolute Gasteiger partial charge is 0.487 e. The molecule has 1 heterocycles. The first-order chi connectivity index (χ1) is 10.1. The second-order valence-electron chi connectivity index (χ2n) is 7.90. The number of nitrogens with one attached hydrogen (secondary N) is 1. The molecule has 1 aromatic carbocycles. The van der Waals surface area contributed by atoms with Gasteiger partial charge in [0.1, 0.15) is 11.4 Å². The highest BCUT2D eigenvalue weighted by Crippen LogP contribution is 2.49. The summed E-state index contributed by atoms with van der Waals surface area (Å²) in [5.74, 6) is 4.05. The van der Waals surface area contributed by atoms with Crippen LogP contribution in [-0.2, 0) is 0 Å². The molecule has 1 N–H and O–H groups in total. The molecule has 2 fully saturated rings. The third kappa shape index (κ3) is 2.96. The zero-order valence-electron chi connectivity index (χ0n) is 13.3. The average molecular weight is 285 g/mol. The zero-order valence-corrected chi connectivity index (χ0v) is 13.3. The summed E-state index contributed by atoms with van der Waals surface area (Å²) in [7, 11) is 0. The minimum absolute atomic E-state index is 0.0688. The van der Waals surface area contributed by atoms with Crippen molar-refractivity contribution in [2.24, 2.45) is 17.8 Å². The number of para-hydroxylation sites is 1. The summed E-state index contributed by atoms with van der Waals surface area (Å²) < 4.78 is 6.14. The summed E-state index contributed by atoms with van der Waals surface area (Å²) in [6.07, 6.45) is 6.95. The number of ether oxygens (including phenoxy) is 1. The van der Waals surface area contributed by atoms with Crippen molar-refractivity contribution in [3.05, 3.63) is 29.8 Å². The summed E-state index contributed by atoms with van der Waals surface area (Å²) in [6.45, 7) is 5.61. The number of rotatable bonds is 5. The van der Waals surface area contributed by atoms with E-state index in [0.717, 1.165) is 29.9 Å². The van der Waals surface area contributed by atoms with Crippen molar-refractivity contribution in [1.82, 2.24) is 5.32 Å². The highest BCUT2D eigenvalue weighted by atomic mass is 16.5. The van der Waals surface area contributed by atoms with Gasteiger partial charge in [0.25, 0.3) is 0 Å². The van der Waals surface area contributed by atoms with E-state index in [4.69, 9.17) is 4.74 Å². The lowest BCUT2D eigenvalue weighted by Crippen LogP contribution is -2.41. The van der Waals surface area contributed by atoms with Crippen molar-refractivity contribution in [1.29, 1.82) is 0 Å². The van der Waals surface area contributed by atoms with E-state index in [0.29, 0.717) is 6.04 Å². The number of hydrogen-bond donors (Lipinski definition) is 1. The fourth-order valence-electron chi connectivity index (χ4n) is 4.03. The Hall–Kier alpha value is -1.02. The van der Waals surface area contributed by atoms with E-state index in [9.17, 15) is 0 Å². The summed E-state index contributed by atoms with van der Waals surface area (Å²) in [4.78, 5) is 0. The predicted octanol–water partition coefficient (Wildman–Crippen LogP) is 4.31. The first-order valence-electron chi connectivity index (χ1n) is 8.64. The SMILES string of the molecule is CC1(C)CC(NCC(C2CC2)C2CC2)c2ccccc2O1. The number of fused-ring (bicyclic) bond motifs is 1. The molecule has 0 aromatic heterocycles. The molecule has 1 unspecified atom stereocenters. The van der Waals surface area contributed by atoms with Crippen LogP contribution in [0.4, 0.5) is 0 Å². The Kier molecular flexibility index (Phi) is 3.25. The molecule has 0 amide bonds. The van der Waals surface area contributed by atoms with E-state index in [-0.39, 0.29) is 5.60 Å². The number of hydrogen-bond acceptors (Lipinski definition) is 2. The minimum atomic E-state index is -0.0688. The van der Waals surface area contributed by atoms with Crippen LogP contribution in [0.2, 0.25) is 0 Å². The van der Waals surface area contributed by atoms with Gasteiger partial charge in [0.15, 0.2) is 0 Å². The van der Waals surface area contributed by atoms with Gasteiger partial charge in [-0.2, -0.15) is 0 Å². The number of benzene rings is 1. The molecule has 3 aliphatic rings. The van der Waals surface area contributed by atoms with Crippen molar-refractivity contribution in [2.45, 2.75) is 57.6 Å². The minimum Gasteiger partial charge on any atom is -0.487 e. The first kappa shape index (κ1) is 13.6. The molecule has 0 spiro atoms. The van der Waals surface area contributed by atoms with E-state index >= 15 is 0 Å². The zero-order chi connectivity index (χ0) is 14.4. The van der Waals surface area contributed by atoms with Gasteiger partial charge in [-0.05, 0) is 69.9 Å². The second-order valence-corrected chi connectivity index (χ2v) is 7.90. The van der Waals surface area contributed by atoms with Crippen LogP contribution in [-0.4, -0.2) is 12.1 Å². The molecule has 2 heteroatoms. The molecule has 1 atom stereocenters. The smallest absolute Gasteiger partial charge is 0.124 e. The Morgan fingerprint density at radius 1 is 1.14 bits per heavy atom. The third-order valence-electron chi connectivity index (χ3n) is 5.43. The van der Waals surface area contributed by atoms with Crippen LogP contribution in [0, 0.1) is 17.8 Å². The van der Waals surface area contributed by atoms with E-state index in [1.807, 2.05) is 0 Å². The maximum absolute atomic E-state index is 6.14. The van der Waals surface area contributed by atoms with Gasteiger partial charge < -0.3 is 10.1 Å². The molecule has 2 saturated carbocycles. The lowest BCUT2D eigenvalue weighted by Gasteiger charge is -2.38. The van der Waals surface area contributed by atoms with Crippen molar-refractivity contribution < 1.29 is 4.74 Å². The molecular weight excluding hydrogens is 258 g/mol. The molecule has 0 radical (unpaired) electrons. The fourth-order valence-corrected chi connectivity index (χ4v) is 4.03. The molecule has 1 aromatic rings. The topological polar surface area (TPSA) is 21.3 Å². The lowest BCUT2D eigenvalue weighted by atomic mass is 9.88. The Morgan fingerprint density at radius 2 is 1.81 bits per heavy atom. The molecule has 114 valence electrons. The van der Waals surface area contributed by atoms with Crippen molar-refractivity contribution in [2.75, 3.05) is 6.54 Å². The third-order valence-corrected chi connectivity index (χ3v) is 5.43. The maximum atomic E-state index is 6.14. The van der Waals surface area contributed by atoms with E-state index in [1.165, 1.54) is 37.8 Å². The van der Waals surface area contributed by atoms with Crippen LogP contribution in [0.25, 0.3) is 0 Å². The second kappa shape index (κ2) is 5.01. The van der Waals surface area contributed by atoms with Gasteiger partial charge in [-0.1, -0.05) is 18.2 Å². The first-order valence-corrected chi connectivity index (χ1v) is 8.64. The molecule has 0 bridgehead atoms. The quantitative estimate of drug-likeness (QED) is 0.870. The molecule has 0 saturated heterocycles. The average Bonchev–Trinajstić information content (AvgIpc) is 3.31. The molecule has 2 nitrogen and oxygen atoms in total. The van der Waals surface area contributed by atoms with Gasteiger partial charge in [-0.25, -0.2) is 0 Å². The maximum Gasteiger partial charge on any atom is 0.124 e. The highest BCUT2D eigenvalue weighted by Gasteiger charge is 2.42. The Bertz CT molecular complexity index is 504. The van der Waals surface area contributed by atoms with Gasteiger partial charge >= 0.3 is 0 Å². The van der Waals surface area contributed by atoms with Crippen molar-refractivity contribution in [3.8, 4) is 5.75 Å². The van der Waals surface area contributed by atoms with Crippen LogP contribution in [0.3, 0.4) is 0 Å². The standard InChI is InChI=1S/C19H27NO/c1-19(2)11-17(15-5-3-4-6-18(15)21-19)20-12-16(13-7-8-13)14-9-10-14/h3-6,13-14,16-17,20H,7-12H2,1-2H3. The predicted molar refractivity (Wildman–Crippen MR) is 85.4 cm³/mol. The van der Waals surface area contributed by atoms with Gasteiger partial charge in [0.05, 0.1) is 0 Å². The molecule has 21 heavy (non-hydrogen) atoms. The van der Waals surface area contributed by atoms with Crippen molar-refractivity contribution in [3.63, 3.8) is 0 Å². The van der Waals surface area contributed by atoms with Crippen LogP contribution < -0.4 is 10.1 Å². The van der Waals surface area contributed by atoms with Crippen molar-refractivity contribution >= 4 is 0 Å². The van der Waals surface area contributed by atoms with Crippen LogP contribution in [0.1, 0.15) is 57.6 Å². The van der Waals surface area contributed by atoms with Gasteiger partial charge in [0, 0.05) is 18.0 Å². The van der Waals surface area contributed by atoms with Crippen LogP contribution >= 0.6 is 0 Å². The Balaban J connectivity index is 1.48.